The van der Waals surface area contributed by atoms with Crippen molar-refractivity contribution in [1.82, 2.24) is 10.2 Å². The number of benzene rings is 1. The van der Waals surface area contributed by atoms with Crippen molar-refractivity contribution in [2.45, 2.75) is 64.6 Å². The Bertz CT molecular complexity index is 444. The molecule has 1 aliphatic carbocycles. The van der Waals surface area contributed by atoms with E-state index in [1.54, 1.807) is 0 Å². The van der Waals surface area contributed by atoms with Crippen molar-refractivity contribution in [3.05, 3.63) is 35.9 Å². The number of piperidine rings is 1. The van der Waals surface area contributed by atoms with Crippen LogP contribution in [0.15, 0.2) is 30.3 Å². The zero-order valence-corrected chi connectivity index (χ0v) is 14.3. The summed E-state index contributed by atoms with van der Waals surface area (Å²) in [5.41, 5.74) is 1.41. The van der Waals surface area contributed by atoms with E-state index in [-0.39, 0.29) is 0 Å². The van der Waals surface area contributed by atoms with E-state index in [0.29, 0.717) is 6.04 Å². The van der Waals surface area contributed by atoms with Crippen molar-refractivity contribution in [3.8, 4) is 0 Å². The molecule has 2 aliphatic rings. The molecule has 4 unspecified atom stereocenters. The topological polar surface area (TPSA) is 15.3 Å². The molecular weight excluding hydrogens is 268 g/mol. The SMILES string of the molecule is CCCC1CC(NCc2ccccc2)CN(C2CCC2C)C1. The van der Waals surface area contributed by atoms with Crippen molar-refractivity contribution < 1.29 is 0 Å². The minimum Gasteiger partial charge on any atom is -0.309 e. The first-order chi connectivity index (χ1) is 10.8. The molecule has 122 valence electrons. The minimum absolute atomic E-state index is 0.665. The molecule has 0 amide bonds. The average molecular weight is 300 g/mol. The van der Waals surface area contributed by atoms with Crippen LogP contribution in [0.25, 0.3) is 0 Å². The highest BCUT2D eigenvalue weighted by molar-refractivity contribution is 5.14. The van der Waals surface area contributed by atoms with Crippen molar-refractivity contribution in [2.24, 2.45) is 11.8 Å². The maximum Gasteiger partial charge on any atom is 0.0208 e. The Morgan fingerprint density at radius 2 is 1.95 bits per heavy atom. The van der Waals surface area contributed by atoms with Gasteiger partial charge in [0.15, 0.2) is 0 Å². The molecule has 2 fully saturated rings. The van der Waals surface area contributed by atoms with Gasteiger partial charge in [0.2, 0.25) is 0 Å². The lowest BCUT2D eigenvalue weighted by Crippen LogP contribution is -2.56. The molecule has 1 N–H and O–H groups in total. The van der Waals surface area contributed by atoms with Crippen LogP contribution in [0.4, 0.5) is 0 Å². The fourth-order valence-electron chi connectivity index (χ4n) is 4.33. The van der Waals surface area contributed by atoms with E-state index in [9.17, 15) is 0 Å². The predicted octanol–water partition coefficient (Wildman–Crippen LogP) is 4.07. The van der Waals surface area contributed by atoms with Gasteiger partial charge < -0.3 is 5.32 Å². The fourth-order valence-corrected chi connectivity index (χ4v) is 4.33. The molecule has 2 nitrogen and oxygen atoms in total. The molecule has 1 aromatic rings. The first kappa shape index (κ1) is 16.0. The van der Waals surface area contributed by atoms with Gasteiger partial charge in [-0.05, 0) is 43.1 Å². The molecule has 1 saturated carbocycles. The van der Waals surface area contributed by atoms with Crippen LogP contribution < -0.4 is 5.32 Å². The van der Waals surface area contributed by atoms with Crippen LogP contribution in [-0.2, 0) is 6.54 Å². The average Bonchev–Trinajstić information content (AvgIpc) is 2.53. The Morgan fingerprint density at radius 3 is 2.59 bits per heavy atom. The first-order valence-corrected chi connectivity index (χ1v) is 9.27. The van der Waals surface area contributed by atoms with Crippen LogP contribution in [0.2, 0.25) is 0 Å². The summed E-state index contributed by atoms with van der Waals surface area (Å²) in [5, 5.41) is 3.83. The Kier molecular flexibility index (Phi) is 5.54. The van der Waals surface area contributed by atoms with E-state index in [1.807, 2.05) is 0 Å². The number of nitrogens with one attached hydrogen (secondary N) is 1. The summed E-state index contributed by atoms with van der Waals surface area (Å²) >= 11 is 0. The molecule has 22 heavy (non-hydrogen) atoms. The summed E-state index contributed by atoms with van der Waals surface area (Å²) in [4.78, 5) is 2.81. The summed E-state index contributed by atoms with van der Waals surface area (Å²) < 4.78 is 0. The van der Waals surface area contributed by atoms with Gasteiger partial charge in [-0.2, -0.15) is 0 Å². The lowest BCUT2D eigenvalue weighted by molar-refractivity contribution is 0.0208. The molecule has 1 aliphatic heterocycles. The summed E-state index contributed by atoms with van der Waals surface area (Å²) in [5.74, 6) is 1.80. The largest absolute Gasteiger partial charge is 0.309 e. The van der Waals surface area contributed by atoms with Gasteiger partial charge in [0, 0.05) is 31.7 Å². The predicted molar refractivity (Wildman–Crippen MR) is 93.8 cm³/mol. The minimum atomic E-state index is 0.665. The van der Waals surface area contributed by atoms with Crippen LogP contribution in [0, 0.1) is 11.8 Å². The van der Waals surface area contributed by atoms with Gasteiger partial charge in [0.1, 0.15) is 0 Å². The van der Waals surface area contributed by atoms with Gasteiger partial charge in [-0.3, -0.25) is 4.90 Å². The highest BCUT2D eigenvalue weighted by Crippen LogP contribution is 2.35. The Morgan fingerprint density at radius 1 is 1.14 bits per heavy atom. The summed E-state index contributed by atoms with van der Waals surface area (Å²) in [6.45, 7) is 8.37. The lowest BCUT2D eigenvalue weighted by atomic mass is 9.78. The van der Waals surface area contributed by atoms with Gasteiger partial charge in [0.05, 0.1) is 0 Å². The van der Waals surface area contributed by atoms with E-state index < -0.39 is 0 Å². The Balaban J connectivity index is 1.57. The van der Waals surface area contributed by atoms with Crippen molar-refractivity contribution >= 4 is 0 Å². The number of hydrogen-bond donors (Lipinski definition) is 1. The molecule has 0 aromatic heterocycles. The number of hydrogen-bond acceptors (Lipinski definition) is 2. The molecule has 0 spiro atoms. The molecule has 1 heterocycles. The Labute approximate surface area is 136 Å². The third-order valence-electron chi connectivity index (χ3n) is 5.74. The van der Waals surface area contributed by atoms with Gasteiger partial charge >= 0.3 is 0 Å². The molecule has 0 radical (unpaired) electrons. The molecule has 4 atom stereocenters. The molecule has 2 heteroatoms. The lowest BCUT2D eigenvalue weighted by Gasteiger charge is -2.48. The fraction of sp³-hybridized carbons (Fsp3) is 0.700. The highest BCUT2D eigenvalue weighted by atomic mass is 15.2. The third-order valence-corrected chi connectivity index (χ3v) is 5.74. The zero-order chi connectivity index (χ0) is 15.4. The van der Waals surface area contributed by atoms with Crippen LogP contribution in [0.3, 0.4) is 0 Å². The second-order valence-electron chi connectivity index (χ2n) is 7.53. The molecule has 1 aromatic carbocycles. The van der Waals surface area contributed by atoms with Crippen molar-refractivity contribution in [1.29, 1.82) is 0 Å². The maximum absolute atomic E-state index is 3.83. The van der Waals surface area contributed by atoms with E-state index >= 15 is 0 Å². The van der Waals surface area contributed by atoms with Crippen LogP contribution in [0.5, 0.6) is 0 Å². The van der Waals surface area contributed by atoms with Gasteiger partial charge in [0.25, 0.3) is 0 Å². The molecule has 0 bridgehead atoms. The summed E-state index contributed by atoms with van der Waals surface area (Å²) in [7, 11) is 0. The van der Waals surface area contributed by atoms with Crippen molar-refractivity contribution in [3.63, 3.8) is 0 Å². The van der Waals surface area contributed by atoms with E-state index in [4.69, 9.17) is 0 Å². The smallest absolute Gasteiger partial charge is 0.0208 e. The number of likely N-dealkylation sites (tertiary alicyclic amines) is 1. The van der Waals surface area contributed by atoms with Crippen LogP contribution in [0.1, 0.15) is 51.5 Å². The van der Waals surface area contributed by atoms with Gasteiger partial charge in [-0.1, -0.05) is 50.6 Å². The monoisotopic (exact) mass is 300 g/mol. The summed E-state index contributed by atoms with van der Waals surface area (Å²) in [6, 6.07) is 12.4. The highest BCUT2D eigenvalue weighted by Gasteiger charge is 2.37. The zero-order valence-electron chi connectivity index (χ0n) is 14.3. The van der Waals surface area contributed by atoms with Gasteiger partial charge in [-0.15, -0.1) is 0 Å². The van der Waals surface area contributed by atoms with Crippen molar-refractivity contribution in [2.75, 3.05) is 13.1 Å². The quantitative estimate of drug-likeness (QED) is 0.852. The number of nitrogens with zero attached hydrogens (tertiary/aromatic N) is 1. The second kappa shape index (κ2) is 7.61. The van der Waals surface area contributed by atoms with E-state index in [2.05, 4.69) is 54.4 Å². The Hall–Kier alpha value is -0.860. The molecule has 1 saturated heterocycles. The van der Waals surface area contributed by atoms with Crippen LogP contribution >= 0.6 is 0 Å². The van der Waals surface area contributed by atoms with Crippen LogP contribution in [-0.4, -0.2) is 30.1 Å². The van der Waals surface area contributed by atoms with Gasteiger partial charge in [-0.25, -0.2) is 0 Å². The molecule has 3 rings (SSSR count). The van der Waals surface area contributed by atoms with E-state index in [1.165, 1.54) is 50.8 Å². The third kappa shape index (κ3) is 3.91. The standard InChI is InChI=1S/C20H32N2/c1-3-7-18-12-19(21-13-17-8-5-4-6-9-17)15-22(14-18)20-11-10-16(20)2/h4-6,8-9,16,18-21H,3,7,10-15H2,1-2H3. The normalized spacial score (nSPS) is 32.6. The van der Waals surface area contributed by atoms with E-state index in [0.717, 1.165) is 24.4 Å². The molecular formula is C20H32N2. The maximum atomic E-state index is 3.83. The second-order valence-corrected chi connectivity index (χ2v) is 7.53. The number of rotatable bonds is 6. The first-order valence-electron chi connectivity index (χ1n) is 9.27. The summed E-state index contributed by atoms with van der Waals surface area (Å²) in [6.07, 6.45) is 6.93.